The lowest BCUT2D eigenvalue weighted by Crippen LogP contribution is -2.29. The van der Waals surface area contributed by atoms with Crippen molar-refractivity contribution in [3.63, 3.8) is 0 Å². The third-order valence-electron chi connectivity index (χ3n) is 7.26. The third-order valence-corrected chi connectivity index (χ3v) is 8.94. The van der Waals surface area contributed by atoms with Crippen molar-refractivity contribution < 1.29 is 22.6 Å². The van der Waals surface area contributed by atoms with Crippen LogP contribution in [0.25, 0.3) is 10.9 Å². The quantitative estimate of drug-likeness (QED) is 0.197. The van der Waals surface area contributed by atoms with E-state index >= 15 is 0 Å². The Kier molecular flexibility index (Phi) is 7.80. The maximum Gasteiger partial charge on any atom is 0.268 e. The molecule has 3 atom stereocenters. The summed E-state index contributed by atoms with van der Waals surface area (Å²) < 4.78 is 47.6. The van der Waals surface area contributed by atoms with Crippen LogP contribution < -0.4 is 0 Å². The molecule has 6 nitrogen and oxygen atoms in total. The molecule has 0 bridgehead atoms. The molecule has 7 heteroatoms. The Morgan fingerprint density at radius 1 is 0.750 bits per heavy atom. The average molecular weight is 554 g/mol. The zero-order valence-corrected chi connectivity index (χ0v) is 22.8. The lowest BCUT2D eigenvalue weighted by Gasteiger charge is -2.19. The lowest BCUT2D eigenvalue weighted by molar-refractivity contribution is -0.0714. The number of hydrogen-bond donors (Lipinski definition) is 0. The van der Waals surface area contributed by atoms with E-state index in [0.717, 1.165) is 22.1 Å². The minimum Gasteiger partial charge on any atom is -0.374 e. The fourth-order valence-corrected chi connectivity index (χ4v) is 6.62. The molecule has 40 heavy (non-hydrogen) atoms. The van der Waals surface area contributed by atoms with Crippen molar-refractivity contribution in [3.05, 3.63) is 138 Å². The van der Waals surface area contributed by atoms with E-state index in [2.05, 4.69) is 0 Å². The van der Waals surface area contributed by atoms with Gasteiger partial charge in [-0.15, -0.1) is 0 Å². The normalized spacial score (nSPS) is 19.2. The molecule has 0 radical (unpaired) electrons. The Morgan fingerprint density at radius 2 is 1.35 bits per heavy atom. The first-order valence-electron chi connectivity index (χ1n) is 13.4. The van der Waals surface area contributed by atoms with Gasteiger partial charge in [0.05, 0.1) is 42.4 Å². The van der Waals surface area contributed by atoms with Crippen LogP contribution in [0.4, 0.5) is 0 Å². The summed E-state index contributed by atoms with van der Waals surface area (Å²) in [4.78, 5) is 0.242. The highest BCUT2D eigenvalue weighted by Gasteiger charge is 2.39. The van der Waals surface area contributed by atoms with E-state index in [1.165, 1.54) is 3.97 Å². The molecule has 0 amide bonds. The summed E-state index contributed by atoms with van der Waals surface area (Å²) in [5, 5.41) is 0.847. The molecule has 0 unspecified atom stereocenters. The van der Waals surface area contributed by atoms with Gasteiger partial charge in [-0.3, -0.25) is 0 Å². The Bertz CT molecular complexity index is 1650. The van der Waals surface area contributed by atoms with Crippen molar-refractivity contribution >= 4 is 20.9 Å². The summed E-state index contributed by atoms with van der Waals surface area (Å²) in [6.07, 6.45) is 1.44. The standard InChI is InChI=1S/C33H31NO5S/c35-40(36,27-16-8-3-9-17-27)34-21-29(28-18-10-11-19-30(28)34)31-20-32(38-23-26-14-6-2-7-15-26)33(39-31)24-37-22-25-12-4-1-5-13-25/h1-19,21,31-33H,20,22-24H2/t31-,32+,33-/m1/s1. The van der Waals surface area contributed by atoms with Gasteiger partial charge in [0, 0.05) is 23.6 Å². The van der Waals surface area contributed by atoms with Crippen LogP contribution in [0, 0.1) is 0 Å². The van der Waals surface area contributed by atoms with Gasteiger partial charge >= 0.3 is 0 Å². The largest absolute Gasteiger partial charge is 0.374 e. The number of benzene rings is 4. The Labute approximate surface area is 234 Å². The molecule has 6 rings (SSSR count). The molecule has 2 heterocycles. The first kappa shape index (κ1) is 26.5. The second-order valence-electron chi connectivity index (χ2n) is 9.95. The number of ether oxygens (including phenoxy) is 3. The molecule has 0 N–H and O–H groups in total. The first-order chi connectivity index (χ1) is 19.6. The first-order valence-corrected chi connectivity index (χ1v) is 14.9. The maximum atomic E-state index is 13.6. The highest BCUT2D eigenvalue weighted by Crippen LogP contribution is 2.40. The number of fused-ring (bicyclic) bond motifs is 1. The second-order valence-corrected chi connectivity index (χ2v) is 11.8. The van der Waals surface area contributed by atoms with Gasteiger partial charge in [-0.05, 0) is 29.3 Å². The maximum absolute atomic E-state index is 13.6. The molecule has 1 fully saturated rings. The summed E-state index contributed by atoms with van der Waals surface area (Å²) in [5.41, 5.74) is 3.62. The summed E-state index contributed by atoms with van der Waals surface area (Å²) in [6, 6.07) is 36.1. The van der Waals surface area contributed by atoms with E-state index < -0.39 is 10.0 Å². The van der Waals surface area contributed by atoms with E-state index in [0.29, 0.717) is 31.8 Å². The Morgan fingerprint density at radius 3 is 2.05 bits per heavy atom. The SMILES string of the molecule is O=S(=O)(c1ccccc1)n1cc([C@H]2C[C@H](OCc3ccccc3)[C@@H](COCc3ccccc3)O2)c2ccccc21. The number of aromatic nitrogens is 1. The van der Waals surface area contributed by atoms with Gasteiger partial charge < -0.3 is 14.2 Å². The third kappa shape index (κ3) is 5.60. The van der Waals surface area contributed by atoms with Crippen molar-refractivity contribution in [2.75, 3.05) is 6.61 Å². The van der Waals surface area contributed by atoms with E-state index in [-0.39, 0.29) is 23.2 Å². The number of rotatable bonds is 10. The Balaban J connectivity index is 1.28. The van der Waals surface area contributed by atoms with Crippen LogP contribution in [0.15, 0.2) is 126 Å². The molecule has 0 saturated carbocycles. The van der Waals surface area contributed by atoms with Crippen LogP contribution in [0.3, 0.4) is 0 Å². The van der Waals surface area contributed by atoms with Crippen LogP contribution >= 0.6 is 0 Å². The van der Waals surface area contributed by atoms with Gasteiger partial charge in [0.1, 0.15) is 6.10 Å². The van der Waals surface area contributed by atoms with Gasteiger partial charge in [0.15, 0.2) is 0 Å². The van der Waals surface area contributed by atoms with Gasteiger partial charge in [0.25, 0.3) is 10.0 Å². The molecule has 0 aliphatic carbocycles. The highest BCUT2D eigenvalue weighted by molar-refractivity contribution is 7.90. The summed E-state index contributed by atoms with van der Waals surface area (Å²) in [6.45, 7) is 1.30. The zero-order valence-electron chi connectivity index (χ0n) is 22.0. The van der Waals surface area contributed by atoms with E-state index in [1.807, 2.05) is 84.9 Å². The molecule has 1 aromatic heterocycles. The molecule has 1 aliphatic rings. The molecule has 4 aromatic carbocycles. The zero-order chi connectivity index (χ0) is 27.4. The highest BCUT2D eigenvalue weighted by atomic mass is 32.2. The van der Waals surface area contributed by atoms with Gasteiger partial charge in [-0.2, -0.15) is 0 Å². The summed E-state index contributed by atoms with van der Waals surface area (Å²) in [7, 11) is -3.79. The van der Waals surface area contributed by atoms with Crippen molar-refractivity contribution in [2.24, 2.45) is 0 Å². The second kappa shape index (κ2) is 11.8. The molecule has 5 aromatic rings. The van der Waals surface area contributed by atoms with Gasteiger partial charge in [-0.1, -0.05) is 97.1 Å². The van der Waals surface area contributed by atoms with Crippen molar-refractivity contribution in [3.8, 4) is 0 Å². The lowest BCUT2D eigenvalue weighted by atomic mass is 10.0. The number of nitrogens with zero attached hydrogens (tertiary/aromatic N) is 1. The predicted molar refractivity (Wildman–Crippen MR) is 154 cm³/mol. The van der Waals surface area contributed by atoms with Gasteiger partial charge in [0.2, 0.25) is 0 Å². The minimum atomic E-state index is -3.79. The topological polar surface area (TPSA) is 66.8 Å². The smallest absolute Gasteiger partial charge is 0.268 e. The van der Waals surface area contributed by atoms with Gasteiger partial charge in [-0.25, -0.2) is 12.4 Å². The molecular formula is C33H31NO5S. The molecule has 0 spiro atoms. The van der Waals surface area contributed by atoms with Crippen molar-refractivity contribution in [2.45, 2.75) is 42.8 Å². The van der Waals surface area contributed by atoms with Crippen molar-refractivity contribution in [1.82, 2.24) is 3.97 Å². The molecule has 1 aliphatic heterocycles. The molecule has 1 saturated heterocycles. The van der Waals surface area contributed by atoms with E-state index in [1.54, 1.807) is 36.5 Å². The average Bonchev–Trinajstić information content (AvgIpc) is 3.59. The van der Waals surface area contributed by atoms with E-state index in [9.17, 15) is 8.42 Å². The molecule has 204 valence electrons. The van der Waals surface area contributed by atoms with Crippen LogP contribution in [0.5, 0.6) is 0 Å². The van der Waals surface area contributed by atoms with Crippen LogP contribution in [0.2, 0.25) is 0 Å². The predicted octanol–water partition coefficient (Wildman–Crippen LogP) is 6.51. The monoisotopic (exact) mass is 553 g/mol. The minimum absolute atomic E-state index is 0.214. The van der Waals surface area contributed by atoms with Crippen LogP contribution in [-0.4, -0.2) is 31.2 Å². The van der Waals surface area contributed by atoms with Crippen LogP contribution in [-0.2, 0) is 37.4 Å². The van der Waals surface area contributed by atoms with Crippen molar-refractivity contribution in [1.29, 1.82) is 0 Å². The number of para-hydroxylation sites is 1. The van der Waals surface area contributed by atoms with E-state index in [4.69, 9.17) is 14.2 Å². The van der Waals surface area contributed by atoms with Crippen LogP contribution in [0.1, 0.15) is 29.2 Å². The Hall–Kier alpha value is -3.75. The fourth-order valence-electron chi connectivity index (χ4n) is 5.22. The summed E-state index contributed by atoms with van der Waals surface area (Å²) >= 11 is 0. The summed E-state index contributed by atoms with van der Waals surface area (Å²) in [5.74, 6) is 0. The molecular weight excluding hydrogens is 522 g/mol. The fraction of sp³-hybridized carbons (Fsp3) is 0.212. The number of hydrogen-bond acceptors (Lipinski definition) is 5.